The summed E-state index contributed by atoms with van der Waals surface area (Å²) < 4.78 is 6.52. The van der Waals surface area contributed by atoms with Crippen molar-refractivity contribution in [2.75, 3.05) is 17.7 Å². The fourth-order valence-corrected chi connectivity index (χ4v) is 4.80. The second-order valence-electron chi connectivity index (χ2n) is 8.40. The number of para-hydroxylation sites is 1. The molecule has 0 unspecified atom stereocenters. The summed E-state index contributed by atoms with van der Waals surface area (Å²) >= 11 is 1.18. The van der Waals surface area contributed by atoms with Gasteiger partial charge in [0.1, 0.15) is 11.0 Å². The Morgan fingerprint density at radius 2 is 1.76 bits per heavy atom. The number of nitrogens with zero attached hydrogens (tertiary/aromatic N) is 2. The van der Waals surface area contributed by atoms with Crippen LogP contribution in [0, 0.1) is 6.92 Å². The first kappa shape index (κ1) is 24.3. The number of amides is 1. The molecule has 0 aliphatic rings. The Bertz CT molecular complexity index is 1670. The maximum atomic E-state index is 13.6. The summed E-state index contributed by atoms with van der Waals surface area (Å²) in [6, 6.07) is 21.7. The first-order chi connectivity index (χ1) is 17.9. The molecule has 2 N–H and O–H groups in total. The predicted octanol–water partition coefficient (Wildman–Crippen LogP) is 5.08. The molecule has 1 amide bonds. The number of ether oxygens (including phenoxy) is 1. The topological polar surface area (TPSA) is 106 Å². The third-order valence-corrected chi connectivity index (χ3v) is 6.74. The lowest BCUT2D eigenvalue weighted by Gasteiger charge is -2.12. The lowest BCUT2D eigenvalue weighted by atomic mass is 10.2. The summed E-state index contributed by atoms with van der Waals surface area (Å²) in [4.78, 5) is 46.2. The zero-order chi connectivity index (χ0) is 25.9. The van der Waals surface area contributed by atoms with E-state index in [2.05, 4.69) is 10.3 Å². The van der Waals surface area contributed by atoms with Gasteiger partial charge < -0.3 is 15.0 Å². The molecule has 0 atom stereocenters. The van der Waals surface area contributed by atoms with Gasteiger partial charge in [-0.3, -0.25) is 14.2 Å². The highest BCUT2D eigenvalue weighted by molar-refractivity contribution is 7.99. The number of carbonyl (C=O) groups excluding carboxylic acids is 2. The number of nitrogens with one attached hydrogen (secondary N) is 2. The first-order valence-electron chi connectivity index (χ1n) is 11.7. The van der Waals surface area contributed by atoms with Crippen LogP contribution in [0.4, 0.5) is 5.69 Å². The summed E-state index contributed by atoms with van der Waals surface area (Å²) in [6.45, 7) is 4.01. The molecular formula is C28H24N4O4S. The minimum atomic E-state index is -0.413. The summed E-state index contributed by atoms with van der Waals surface area (Å²) in [5, 5.41) is 4.08. The Kier molecular flexibility index (Phi) is 6.78. The second-order valence-corrected chi connectivity index (χ2v) is 9.34. The van der Waals surface area contributed by atoms with Crippen LogP contribution in [0.25, 0.3) is 27.6 Å². The van der Waals surface area contributed by atoms with Crippen LogP contribution in [-0.2, 0) is 9.53 Å². The Labute approximate surface area is 216 Å². The van der Waals surface area contributed by atoms with Crippen molar-refractivity contribution in [3.05, 3.63) is 94.3 Å². The molecule has 0 fully saturated rings. The van der Waals surface area contributed by atoms with Crippen LogP contribution < -0.4 is 10.9 Å². The fourth-order valence-electron chi connectivity index (χ4n) is 3.99. The van der Waals surface area contributed by atoms with Crippen molar-refractivity contribution >= 4 is 51.3 Å². The quantitative estimate of drug-likeness (QED) is 0.179. The van der Waals surface area contributed by atoms with Gasteiger partial charge in [0.15, 0.2) is 5.16 Å². The lowest BCUT2D eigenvalue weighted by Crippen LogP contribution is -2.23. The Hall–Kier alpha value is -4.37. The number of fused-ring (bicyclic) bond motifs is 3. The standard InChI is InChI=1S/C28H24N4O4S/c1-3-36-27(35)18-10-12-19(13-11-18)29-23(33)16-37-28-31-24-21-6-4-5-7-22(21)30-25(24)26(34)32(28)20-14-8-17(2)9-15-20/h4-15,30H,3,16H2,1-2H3,(H,29,33). The third kappa shape index (κ3) is 4.99. The van der Waals surface area contributed by atoms with Gasteiger partial charge in [0.2, 0.25) is 5.91 Å². The number of carbonyl (C=O) groups is 2. The molecule has 2 heterocycles. The van der Waals surface area contributed by atoms with Crippen molar-refractivity contribution in [2.45, 2.75) is 19.0 Å². The largest absolute Gasteiger partial charge is 0.462 e. The molecule has 3 aromatic carbocycles. The van der Waals surface area contributed by atoms with Gasteiger partial charge in [-0.25, -0.2) is 9.78 Å². The monoisotopic (exact) mass is 512 g/mol. The molecule has 5 aromatic rings. The average Bonchev–Trinajstić information content (AvgIpc) is 3.28. The molecule has 0 aliphatic carbocycles. The third-order valence-electron chi connectivity index (χ3n) is 5.80. The molecule has 5 rings (SSSR count). The molecule has 0 aliphatic heterocycles. The van der Waals surface area contributed by atoms with Crippen LogP contribution >= 0.6 is 11.8 Å². The van der Waals surface area contributed by atoms with E-state index < -0.39 is 5.97 Å². The zero-order valence-corrected chi connectivity index (χ0v) is 21.1. The van der Waals surface area contributed by atoms with Crippen LogP contribution in [0.1, 0.15) is 22.8 Å². The number of aromatic amines is 1. The minimum Gasteiger partial charge on any atom is -0.462 e. The summed E-state index contributed by atoms with van der Waals surface area (Å²) in [5.74, 6) is -0.646. The molecular weight excluding hydrogens is 488 g/mol. The Morgan fingerprint density at radius 1 is 1.03 bits per heavy atom. The molecule has 0 saturated carbocycles. The number of anilines is 1. The second kappa shape index (κ2) is 10.3. The van der Waals surface area contributed by atoms with Gasteiger partial charge in [-0.05, 0) is 56.3 Å². The highest BCUT2D eigenvalue weighted by Gasteiger charge is 2.18. The molecule has 0 spiro atoms. The summed E-state index contributed by atoms with van der Waals surface area (Å²) in [7, 11) is 0. The highest BCUT2D eigenvalue weighted by atomic mass is 32.2. The smallest absolute Gasteiger partial charge is 0.338 e. The number of aromatic nitrogens is 3. The van der Waals surface area contributed by atoms with E-state index in [1.165, 1.54) is 16.3 Å². The van der Waals surface area contributed by atoms with Gasteiger partial charge in [-0.2, -0.15) is 0 Å². The number of rotatable bonds is 7. The van der Waals surface area contributed by atoms with Gasteiger partial charge in [0, 0.05) is 16.6 Å². The fraction of sp³-hybridized carbons (Fsp3) is 0.143. The van der Waals surface area contributed by atoms with Crippen molar-refractivity contribution < 1.29 is 14.3 Å². The average molecular weight is 513 g/mol. The first-order valence-corrected chi connectivity index (χ1v) is 12.7. The molecule has 9 heteroatoms. The molecule has 2 aromatic heterocycles. The maximum Gasteiger partial charge on any atom is 0.338 e. The molecule has 0 saturated heterocycles. The number of benzene rings is 3. The van der Waals surface area contributed by atoms with Crippen LogP contribution in [0.5, 0.6) is 0 Å². The van der Waals surface area contributed by atoms with E-state index in [1.807, 2.05) is 55.5 Å². The van der Waals surface area contributed by atoms with E-state index >= 15 is 0 Å². The van der Waals surface area contributed by atoms with Gasteiger partial charge in [-0.15, -0.1) is 0 Å². The lowest BCUT2D eigenvalue weighted by molar-refractivity contribution is -0.113. The van der Waals surface area contributed by atoms with E-state index in [9.17, 15) is 14.4 Å². The van der Waals surface area contributed by atoms with E-state index in [1.54, 1.807) is 31.2 Å². The minimum absolute atomic E-state index is 0.0335. The zero-order valence-electron chi connectivity index (χ0n) is 20.3. The van der Waals surface area contributed by atoms with Crippen molar-refractivity contribution in [3.63, 3.8) is 0 Å². The molecule has 0 radical (unpaired) electrons. The molecule has 186 valence electrons. The number of esters is 1. The van der Waals surface area contributed by atoms with E-state index in [4.69, 9.17) is 9.72 Å². The number of aryl methyl sites for hydroxylation is 1. The van der Waals surface area contributed by atoms with Crippen LogP contribution in [0.15, 0.2) is 82.7 Å². The predicted molar refractivity (Wildman–Crippen MR) is 146 cm³/mol. The van der Waals surface area contributed by atoms with Gasteiger partial charge in [0.25, 0.3) is 5.56 Å². The van der Waals surface area contributed by atoms with Crippen LogP contribution in [0.2, 0.25) is 0 Å². The number of hydrogen-bond acceptors (Lipinski definition) is 6. The molecule has 8 nitrogen and oxygen atoms in total. The van der Waals surface area contributed by atoms with Crippen molar-refractivity contribution in [3.8, 4) is 5.69 Å². The van der Waals surface area contributed by atoms with E-state index in [0.717, 1.165) is 16.5 Å². The Morgan fingerprint density at radius 3 is 2.49 bits per heavy atom. The van der Waals surface area contributed by atoms with Gasteiger partial charge >= 0.3 is 5.97 Å². The van der Waals surface area contributed by atoms with Crippen LogP contribution in [0.3, 0.4) is 0 Å². The van der Waals surface area contributed by atoms with E-state index in [0.29, 0.717) is 39.7 Å². The van der Waals surface area contributed by atoms with Crippen molar-refractivity contribution in [1.29, 1.82) is 0 Å². The number of thioether (sulfide) groups is 1. The SMILES string of the molecule is CCOC(=O)c1ccc(NC(=O)CSc2nc3c([nH]c4ccccc43)c(=O)n2-c2ccc(C)cc2)cc1. The normalized spacial score (nSPS) is 11.1. The summed E-state index contributed by atoms with van der Waals surface area (Å²) in [5.41, 5.74) is 4.27. The molecule has 37 heavy (non-hydrogen) atoms. The van der Waals surface area contributed by atoms with E-state index in [-0.39, 0.29) is 17.2 Å². The van der Waals surface area contributed by atoms with Crippen LogP contribution in [-0.4, -0.2) is 38.8 Å². The summed E-state index contributed by atoms with van der Waals surface area (Å²) in [6.07, 6.45) is 0. The van der Waals surface area contributed by atoms with Gasteiger partial charge in [0.05, 0.1) is 23.6 Å². The Balaban J connectivity index is 1.44. The van der Waals surface area contributed by atoms with Gasteiger partial charge in [-0.1, -0.05) is 47.7 Å². The van der Waals surface area contributed by atoms with Crippen molar-refractivity contribution in [2.24, 2.45) is 0 Å². The molecule has 0 bridgehead atoms. The number of H-pyrrole nitrogens is 1. The highest BCUT2D eigenvalue weighted by Crippen LogP contribution is 2.26. The van der Waals surface area contributed by atoms with Crippen molar-refractivity contribution in [1.82, 2.24) is 14.5 Å². The maximum absolute atomic E-state index is 13.6. The number of hydrogen-bond donors (Lipinski definition) is 2.